The highest BCUT2D eigenvalue weighted by atomic mass is 19.4. The highest BCUT2D eigenvalue weighted by Gasteiger charge is 2.39. The first-order valence-corrected chi connectivity index (χ1v) is 10.1. The number of carbonyl (C=O) groups is 4. The van der Waals surface area contributed by atoms with Gasteiger partial charge < -0.3 is 15.3 Å². The Balaban J connectivity index is 0.000000406. The SMILES string of the molecule is CNC(C)c1cn(-c2ccc3c(c2)CN(C2CCC(=O)NC2=O)C3=O)nn1.O=C(O)C(F)(F)F. The molecule has 2 aromatic rings. The molecule has 0 spiro atoms. The number of carbonyl (C=O) groups excluding carboxylic acids is 3. The van der Waals surface area contributed by atoms with Crippen molar-refractivity contribution in [3.05, 3.63) is 41.2 Å². The van der Waals surface area contributed by atoms with Crippen molar-refractivity contribution in [3.63, 3.8) is 0 Å². The summed E-state index contributed by atoms with van der Waals surface area (Å²) in [7, 11) is 1.86. The third-order valence-electron chi connectivity index (χ3n) is 5.40. The van der Waals surface area contributed by atoms with Crippen LogP contribution in [-0.4, -0.2) is 68.0 Å². The van der Waals surface area contributed by atoms with Gasteiger partial charge in [0.05, 0.1) is 17.6 Å². The minimum Gasteiger partial charge on any atom is -0.475 e. The zero-order valence-electron chi connectivity index (χ0n) is 18.1. The largest absolute Gasteiger partial charge is 0.490 e. The molecule has 2 unspecified atom stereocenters. The second kappa shape index (κ2) is 9.59. The van der Waals surface area contributed by atoms with Gasteiger partial charge in [-0.1, -0.05) is 5.21 Å². The topological polar surface area (TPSA) is 147 Å². The first-order chi connectivity index (χ1) is 15.9. The first kappa shape index (κ1) is 24.8. The molecule has 11 nitrogen and oxygen atoms in total. The van der Waals surface area contributed by atoms with Crippen molar-refractivity contribution in [1.29, 1.82) is 0 Å². The summed E-state index contributed by atoms with van der Waals surface area (Å²) in [5.74, 6) is -3.64. The van der Waals surface area contributed by atoms with Crippen LogP contribution in [0.5, 0.6) is 0 Å². The molecule has 0 radical (unpaired) electrons. The number of hydrogen-bond donors (Lipinski definition) is 3. The average molecular weight is 482 g/mol. The van der Waals surface area contributed by atoms with Crippen LogP contribution in [0.15, 0.2) is 24.4 Å². The molecule has 2 aliphatic heterocycles. The molecule has 1 aromatic carbocycles. The van der Waals surface area contributed by atoms with E-state index < -0.39 is 24.1 Å². The number of hydrogen-bond acceptors (Lipinski definition) is 7. The van der Waals surface area contributed by atoms with Crippen LogP contribution in [0, 0.1) is 0 Å². The number of benzene rings is 1. The van der Waals surface area contributed by atoms with Gasteiger partial charge in [-0.25, -0.2) is 9.48 Å². The van der Waals surface area contributed by atoms with E-state index in [2.05, 4.69) is 20.9 Å². The van der Waals surface area contributed by atoms with Crippen molar-refractivity contribution in [2.75, 3.05) is 7.05 Å². The Bertz CT molecular complexity index is 1130. The Hall–Kier alpha value is -3.81. The maximum atomic E-state index is 12.7. The van der Waals surface area contributed by atoms with Crippen LogP contribution in [0.1, 0.15) is 47.4 Å². The van der Waals surface area contributed by atoms with Crippen molar-refractivity contribution in [2.45, 2.75) is 44.6 Å². The van der Waals surface area contributed by atoms with Crippen LogP contribution in [0.4, 0.5) is 13.2 Å². The fourth-order valence-electron chi connectivity index (χ4n) is 3.45. The monoisotopic (exact) mass is 482 g/mol. The number of imide groups is 1. The normalized spacial score (nSPS) is 18.7. The van der Waals surface area contributed by atoms with Crippen molar-refractivity contribution in [1.82, 2.24) is 30.5 Å². The lowest BCUT2D eigenvalue weighted by atomic mass is 10.0. The summed E-state index contributed by atoms with van der Waals surface area (Å²) in [5, 5.41) is 20.9. The fraction of sp³-hybridized carbons (Fsp3) is 0.400. The molecule has 0 aliphatic carbocycles. The van der Waals surface area contributed by atoms with E-state index in [1.807, 2.05) is 32.3 Å². The number of amides is 3. The lowest BCUT2D eigenvalue weighted by Gasteiger charge is -2.29. The van der Waals surface area contributed by atoms with Crippen molar-refractivity contribution >= 4 is 23.7 Å². The van der Waals surface area contributed by atoms with Crippen LogP contribution < -0.4 is 10.6 Å². The maximum Gasteiger partial charge on any atom is 0.490 e. The van der Waals surface area contributed by atoms with E-state index >= 15 is 0 Å². The molecule has 3 amide bonds. The Morgan fingerprint density at radius 1 is 1.29 bits per heavy atom. The number of carboxylic acid groups (broad SMARTS) is 1. The van der Waals surface area contributed by atoms with E-state index in [4.69, 9.17) is 9.90 Å². The van der Waals surface area contributed by atoms with Gasteiger partial charge in [-0.3, -0.25) is 19.7 Å². The van der Waals surface area contributed by atoms with Gasteiger partial charge in [-0.05, 0) is 44.2 Å². The molecule has 34 heavy (non-hydrogen) atoms. The van der Waals surface area contributed by atoms with Gasteiger partial charge in [-0.15, -0.1) is 5.10 Å². The van der Waals surface area contributed by atoms with Gasteiger partial charge in [0.15, 0.2) is 0 Å². The molecular weight excluding hydrogens is 461 g/mol. The zero-order valence-corrected chi connectivity index (χ0v) is 18.1. The standard InChI is InChI=1S/C18H20N6O3.C2HF3O2/c1-10(19-2)14-9-24(22-21-14)12-3-4-13-11(7-12)8-23(18(13)27)15-5-6-16(25)20-17(15)26;3-2(4,5)1(6)7/h3-4,7,9-10,15,19H,5-6,8H2,1-2H3,(H,20,25,26);(H,6,7). The molecule has 0 saturated carbocycles. The van der Waals surface area contributed by atoms with Crippen LogP contribution in [0.25, 0.3) is 5.69 Å². The van der Waals surface area contributed by atoms with Gasteiger partial charge >= 0.3 is 12.1 Å². The molecule has 182 valence electrons. The molecule has 1 aromatic heterocycles. The Morgan fingerprint density at radius 2 is 1.97 bits per heavy atom. The van der Waals surface area contributed by atoms with Crippen molar-refractivity contribution in [3.8, 4) is 5.69 Å². The van der Waals surface area contributed by atoms with E-state index in [1.165, 1.54) is 4.90 Å². The Labute approximate surface area is 190 Å². The predicted molar refractivity (Wildman–Crippen MR) is 109 cm³/mol. The van der Waals surface area contributed by atoms with Crippen molar-refractivity contribution < 1.29 is 37.5 Å². The first-order valence-electron chi connectivity index (χ1n) is 10.1. The maximum absolute atomic E-state index is 12.7. The lowest BCUT2D eigenvalue weighted by molar-refractivity contribution is -0.192. The van der Waals surface area contributed by atoms with Gasteiger partial charge in [0.1, 0.15) is 6.04 Å². The minimum absolute atomic E-state index is 0.0813. The van der Waals surface area contributed by atoms with Gasteiger partial charge in [0, 0.05) is 24.6 Å². The number of aromatic nitrogens is 3. The molecule has 3 N–H and O–H groups in total. The fourth-order valence-corrected chi connectivity index (χ4v) is 3.45. The highest BCUT2D eigenvalue weighted by Crippen LogP contribution is 2.29. The average Bonchev–Trinajstić information content (AvgIpc) is 3.38. The molecule has 1 fully saturated rings. The Morgan fingerprint density at radius 3 is 2.56 bits per heavy atom. The predicted octanol–water partition coefficient (Wildman–Crippen LogP) is 0.942. The quantitative estimate of drug-likeness (QED) is 0.546. The van der Waals surface area contributed by atoms with E-state index in [0.29, 0.717) is 18.5 Å². The van der Waals surface area contributed by atoms with E-state index in [9.17, 15) is 27.6 Å². The molecule has 3 heterocycles. The van der Waals surface area contributed by atoms with E-state index in [1.54, 1.807) is 10.7 Å². The summed E-state index contributed by atoms with van der Waals surface area (Å²) < 4.78 is 33.4. The summed E-state index contributed by atoms with van der Waals surface area (Å²) >= 11 is 0. The number of nitrogens with zero attached hydrogens (tertiary/aromatic N) is 4. The molecular formula is C20H21F3N6O5. The number of nitrogens with one attached hydrogen (secondary N) is 2. The molecule has 0 bridgehead atoms. The second-order valence-corrected chi connectivity index (χ2v) is 7.64. The van der Waals surface area contributed by atoms with Gasteiger partial charge in [0.25, 0.3) is 5.91 Å². The summed E-state index contributed by atoms with van der Waals surface area (Å²) in [4.78, 5) is 46.6. The van der Waals surface area contributed by atoms with Gasteiger partial charge in [-0.2, -0.15) is 13.2 Å². The third kappa shape index (κ3) is 5.22. The van der Waals surface area contributed by atoms with Crippen LogP contribution >= 0.6 is 0 Å². The number of piperidine rings is 1. The molecule has 14 heteroatoms. The summed E-state index contributed by atoms with van der Waals surface area (Å²) in [6, 6.07) is 4.93. The zero-order chi connectivity index (χ0) is 25.2. The molecule has 2 atom stereocenters. The smallest absolute Gasteiger partial charge is 0.475 e. The van der Waals surface area contributed by atoms with E-state index in [0.717, 1.165) is 16.9 Å². The highest BCUT2D eigenvalue weighted by molar-refractivity contribution is 6.05. The molecule has 2 aliphatic rings. The number of halogens is 3. The van der Waals surface area contributed by atoms with E-state index in [-0.39, 0.29) is 24.3 Å². The number of fused-ring (bicyclic) bond motifs is 1. The van der Waals surface area contributed by atoms with Crippen LogP contribution in [0.3, 0.4) is 0 Å². The summed E-state index contributed by atoms with van der Waals surface area (Å²) in [6.45, 7) is 2.33. The summed E-state index contributed by atoms with van der Waals surface area (Å²) in [5.41, 5.74) is 3.03. The van der Waals surface area contributed by atoms with Crippen molar-refractivity contribution in [2.24, 2.45) is 0 Å². The lowest BCUT2D eigenvalue weighted by Crippen LogP contribution is -2.52. The number of aliphatic carboxylic acids is 1. The second-order valence-electron chi connectivity index (χ2n) is 7.64. The molecule has 4 rings (SSSR count). The number of alkyl halides is 3. The summed E-state index contributed by atoms with van der Waals surface area (Å²) in [6.07, 6.45) is -2.64. The molecule has 1 saturated heterocycles. The van der Waals surface area contributed by atoms with Crippen LogP contribution in [-0.2, 0) is 20.9 Å². The van der Waals surface area contributed by atoms with Crippen LogP contribution in [0.2, 0.25) is 0 Å². The Kier molecular flexibility index (Phi) is 7.00. The number of carboxylic acids is 1. The minimum atomic E-state index is -5.08. The third-order valence-corrected chi connectivity index (χ3v) is 5.40. The number of rotatable bonds is 4. The van der Waals surface area contributed by atoms with Gasteiger partial charge in [0.2, 0.25) is 11.8 Å².